The van der Waals surface area contributed by atoms with E-state index in [1.165, 1.54) is 11.1 Å². The van der Waals surface area contributed by atoms with Gasteiger partial charge in [-0.15, -0.1) is 6.58 Å². The summed E-state index contributed by atoms with van der Waals surface area (Å²) in [5, 5.41) is 0. The molecule has 0 bridgehead atoms. The van der Waals surface area contributed by atoms with Crippen molar-refractivity contribution in [3.63, 3.8) is 0 Å². The van der Waals surface area contributed by atoms with Gasteiger partial charge in [0.25, 0.3) is 0 Å². The van der Waals surface area contributed by atoms with Gasteiger partial charge in [0.05, 0.1) is 11.9 Å². The second-order valence-electron chi connectivity index (χ2n) is 7.36. The van der Waals surface area contributed by atoms with Crippen LogP contribution in [-0.4, -0.2) is 11.2 Å². The van der Waals surface area contributed by atoms with E-state index in [9.17, 15) is 4.39 Å². The number of hydrogen-bond acceptors (Lipinski definition) is 1. The molecule has 0 aliphatic heterocycles. The lowest BCUT2D eigenvalue weighted by molar-refractivity contribution is 0.335. The lowest BCUT2D eigenvalue weighted by Crippen LogP contribution is -1.90. The Morgan fingerprint density at radius 3 is 2.24 bits per heavy atom. The van der Waals surface area contributed by atoms with Crippen LogP contribution < -0.4 is 0 Å². The quantitative estimate of drug-likeness (QED) is 0.272. The fraction of sp³-hybridized carbons (Fsp3) is 0.222. The van der Waals surface area contributed by atoms with Crippen LogP contribution in [0.25, 0.3) is 28.5 Å². The normalized spacial score (nSPS) is 12.2. The molecule has 0 saturated heterocycles. The van der Waals surface area contributed by atoms with Gasteiger partial charge in [0.15, 0.2) is 0 Å². The lowest BCUT2D eigenvalue weighted by atomic mass is 10.0. The first kappa shape index (κ1) is 20.7. The number of halogens is 1. The number of allylic oxidation sites excluding steroid dienone is 2. The molecule has 1 atom stereocenters. The highest BCUT2D eigenvalue weighted by Crippen LogP contribution is 2.23. The van der Waals surface area contributed by atoms with Crippen LogP contribution in [0.3, 0.4) is 0 Å². The van der Waals surface area contributed by atoms with Crippen molar-refractivity contribution in [1.29, 1.82) is 0 Å². The summed E-state index contributed by atoms with van der Waals surface area (Å²) in [7, 11) is 0. The van der Waals surface area contributed by atoms with Crippen molar-refractivity contribution < 1.29 is 4.39 Å². The number of benzene rings is 2. The molecule has 0 fully saturated rings. The number of unbranched alkanes of at least 4 members (excludes halogenated alkanes) is 1. The van der Waals surface area contributed by atoms with E-state index in [1.54, 1.807) is 6.92 Å². The largest absolute Gasteiger partial charge is 0.256 e. The van der Waals surface area contributed by atoms with Crippen LogP contribution in [0.15, 0.2) is 85.6 Å². The molecule has 3 rings (SSSR count). The van der Waals surface area contributed by atoms with Gasteiger partial charge < -0.3 is 0 Å². The third kappa shape index (κ3) is 6.25. The molecule has 0 aliphatic carbocycles. The molecule has 1 heterocycles. The van der Waals surface area contributed by atoms with Gasteiger partial charge >= 0.3 is 0 Å². The van der Waals surface area contributed by atoms with E-state index in [1.807, 2.05) is 12.3 Å². The van der Waals surface area contributed by atoms with E-state index in [-0.39, 0.29) is 0 Å². The van der Waals surface area contributed by atoms with Gasteiger partial charge in [-0.1, -0.05) is 72.8 Å². The van der Waals surface area contributed by atoms with Crippen LogP contribution in [0.2, 0.25) is 0 Å². The van der Waals surface area contributed by atoms with Crippen LogP contribution in [0, 0.1) is 0 Å². The number of pyridine rings is 1. The molecule has 2 heteroatoms. The monoisotopic (exact) mass is 385 g/mol. The lowest BCUT2D eigenvalue weighted by Gasteiger charge is -2.06. The zero-order valence-electron chi connectivity index (χ0n) is 17.0. The molecule has 0 amide bonds. The molecule has 0 aliphatic rings. The van der Waals surface area contributed by atoms with Crippen LogP contribution in [0.1, 0.15) is 37.3 Å². The van der Waals surface area contributed by atoms with Crippen molar-refractivity contribution in [2.24, 2.45) is 0 Å². The maximum Gasteiger partial charge on any atom is 0.0973 e. The van der Waals surface area contributed by atoms with Crippen molar-refractivity contribution in [2.45, 2.75) is 38.8 Å². The number of aromatic nitrogens is 1. The second kappa shape index (κ2) is 10.5. The minimum absolute atomic E-state index is 0.629. The summed E-state index contributed by atoms with van der Waals surface area (Å²) in [4.78, 5) is 4.65. The Balaban J connectivity index is 1.62. The first-order valence-electron chi connectivity index (χ1n) is 10.2. The summed E-state index contributed by atoms with van der Waals surface area (Å²) in [6, 6.07) is 21.1. The summed E-state index contributed by atoms with van der Waals surface area (Å²) < 4.78 is 12.8. The Hall–Kier alpha value is -3.00. The molecule has 148 valence electrons. The average molecular weight is 386 g/mol. The number of alkyl halides is 1. The van der Waals surface area contributed by atoms with Gasteiger partial charge in [0, 0.05) is 17.3 Å². The van der Waals surface area contributed by atoms with Gasteiger partial charge in [-0.05, 0) is 55.4 Å². The van der Waals surface area contributed by atoms with E-state index in [2.05, 4.69) is 84.4 Å². The average Bonchev–Trinajstić information content (AvgIpc) is 2.75. The molecule has 0 radical (unpaired) electrons. The molecule has 2 aromatic carbocycles. The molecule has 1 nitrogen and oxygen atoms in total. The first-order chi connectivity index (χ1) is 14.2. The van der Waals surface area contributed by atoms with Crippen molar-refractivity contribution >= 4 is 6.08 Å². The van der Waals surface area contributed by atoms with Gasteiger partial charge in [-0.25, -0.2) is 4.39 Å². The number of nitrogens with zero attached hydrogens (tertiary/aromatic N) is 1. The molecule has 0 N–H and O–H groups in total. The highest BCUT2D eigenvalue weighted by atomic mass is 19.1. The Morgan fingerprint density at radius 2 is 1.62 bits per heavy atom. The molecular weight excluding hydrogens is 357 g/mol. The fourth-order valence-corrected chi connectivity index (χ4v) is 3.24. The van der Waals surface area contributed by atoms with Crippen molar-refractivity contribution in [3.8, 4) is 22.4 Å². The molecule has 0 saturated carbocycles. The van der Waals surface area contributed by atoms with E-state index < -0.39 is 6.17 Å². The van der Waals surface area contributed by atoms with Crippen LogP contribution in [-0.2, 0) is 6.42 Å². The Labute approximate surface area is 173 Å². The minimum Gasteiger partial charge on any atom is -0.256 e. The SMILES string of the molecule is C=CCc1ccc(-c2ccc(-c3ccc(/C=C/CCCC(C)F)cc3)nc2)cc1. The standard InChI is InChI=1S/C27H28FN/c1-3-7-22-10-14-24(15-11-22)26-18-19-27(29-20-26)25-16-12-23(13-17-25)9-6-4-5-8-21(2)28/h3,6,9-21H,1,4-5,7-8H2,2H3/b9-6+. The van der Waals surface area contributed by atoms with Crippen LogP contribution in [0.4, 0.5) is 4.39 Å². The minimum atomic E-state index is -0.710. The molecular formula is C27H28FN. The summed E-state index contributed by atoms with van der Waals surface area (Å²) in [5.41, 5.74) is 6.75. The highest BCUT2D eigenvalue weighted by Gasteiger charge is 2.02. The van der Waals surface area contributed by atoms with Gasteiger partial charge in [-0.3, -0.25) is 4.98 Å². The van der Waals surface area contributed by atoms with Gasteiger partial charge in [0.1, 0.15) is 0 Å². The van der Waals surface area contributed by atoms with Crippen LogP contribution in [0.5, 0.6) is 0 Å². The molecule has 1 unspecified atom stereocenters. The predicted molar refractivity (Wildman–Crippen MR) is 122 cm³/mol. The van der Waals surface area contributed by atoms with Gasteiger partial charge in [0.2, 0.25) is 0 Å². The van der Waals surface area contributed by atoms with Gasteiger partial charge in [-0.2, -0.15) is 0 Å². The van der Waals surface area contributed by atoms with Crippen molar-refractivity contribution in [3.05, 3.63) is 96.7 Å². The zero-order valence-corrected chi connectivity index (χ0v) is 17.0. The molecule has 29 heavy (non-hydrogen) atoms. The number of rotatable bonds is 9. The predicted octanol–water partition coefficient (Wildman–Crippen LogP) is 7.69. The first-order valence-corrected chi connectivity index (χ1v) is 10.2. The maximum absolute atomic E-state index is 12.8. The topological polar surface area (TPSA) is 12.9 Å². The zero-order chi connectivity index (χ0) is 20.5. The Morgan fingerprint density at radius 1 is 0.931 bits per heavy atom. The summed E-state index contributed by atoms with van der Waals surface area (Å²) >= 11 is 0. The van der Waals surface area contributed by atoms with E-state index in [0.29, 0.717) is 6.42 Å². The molecule has 0 spiro atoms. The van der Waals surface area contributed by atoms with Crippen LogP contribution >= 0.6 is 0 Å². The third-order valence-electron chi connectivity index (χ3n) is 4.92. The Bertz CT molecular complexity index is 920. The summed E-state index contributed by atoms with van der Waals surface area (Å²) in [6.45, 7) is 5.40. The highest BCUT2D eigenvalue weighted by molar-refractivity contribution is 5.68. The van der Waals surface area contributed by atoms with E-state index in [0.717, 1.165) is 41.6 Å². The molecule has 3 aromatic rings. The number of hydrogen-bond donors (Lipinski definition) is 0. The third-order valence-corrected chi connectivity index (χ3v) is 4.92. The van der Waals surface area contributed by atoms with Crippen molar-refractivity contribution in [1.82, 2.24) is 4.98 Å². The molecule has 1 aromatic heterocycles. The fourth-order valence-electron chi connectivity index (χ4n) is 3.24. The maximum atomic E-state index is 12.8. The Kier molecular flexibility index (Phi) is 7.52. The summed E-state index contributed by atoms with van der Waals surface area (Å²) in [5.74, 6) is 0. The van der Waals surface area contributed by atoms with E-state index in [4.69, 9.17) is 0 Å². The summed E-state index contributed by atoms with van der Waals surface area (Å²) in [6.07, 6.45) is 10.7. The second-order valence-corrected chi connectivity index (χ2v) is 7.36. The van der Waals surface area contributed by atoms with Crippen molar-refractivity contribution in [2.75, 3.05) is 0 Å². The van der Waals surface area contributed by atoms with E-state index >= 15 is 0 Å². The smallest absolute Gasteiger partial charge is 0.0973 e.